The summed E-state index contributed by atoms with van der Waals surface area (Å²) in [4.78, 5) is 17.9. The van der Waals surface area contributed by atoms with Crippen LogP contribution in [0.1, 0.15) is 27.4 Å². The smallest absolute Gasteiger partial charge is 0.339 e. The number of hydrogen-bond acceptors (Lipinski definition) is 6. The van der Waals surface area contributed by atoms with Crippen LogP contribution < -0.4 is 0 Å². The highest BCUT2D eigenvalue weighted by molar-refractivity contribution is 6.03. The van der Waals surface area contributed by atoms with E-state index in [4.69, 9.17) is 14.2 Å². The molecule has 3 aromatic heterocycles. The van der Waals surface area contributed by atoms with Crippen LogP contribution >= 0.6 is 0 Å². The van der Waals surface area contributed by atoms with E-state index in [1.807, 2.05) is 60.7 Å². The van der Waals surface area contributed by atoms with Gasteiger partial charge in [0.05, 0.1) is 29.4 Å². The van der Waals surface area contributed by atoms with Crippen LogP contribution in [-0.4, -0.2) is 25.9 Å². The SMILES string of the molecule is Cc1cc(COC(=O)c2cc(-c3ccccc3)nc3c2cnn3Cc2ccccc2)no1. The molecule has 5 aromatic rings. The van der Waals surface area contributed by atoms with Crippen LogP contribution in [0, 0.1) is 6.92 Å². The largest absolute Gasteiger partial charge is 0.455 e. The number of carbonyl (C=O) groups is 1. The number of nitrogens with zero attached hydrogens (tertiary/aromatic N) is 4. The van der Waals surface area contributed by atoms with Gasteiger partial charge >= 0.3 is 5.97 Å². The quantitative estimate of drug-likeness (QED) is 0.364. The Labute approximate surface area is 184 Å². The molecule has 0 fully saturated rings. The van der Waals surface area contributed by atoms with Gasteiger partial charge in [-0.2, -0.15) is 5.10 Å². The summed E-state index contributed by atoms with van der Waals surface area (Å²) in [5.74, 6) is 0.199. The number of hydrogen-bond donors (Lipinski definition) is 0. The van der Waals surface area contributed by atoms with Crippen molar-refractivity contribution < 1.29 is 14.1 Å². The average molecular weight is 424 g/mol. The number of aromatic nitrogens is 4. The molecule has 0 saturated carbocycles. The molecule has 0 saturated heterocycles. The van der Waals surface area contributed by atoms with E-state index in [1.165, 1.54) is 0 Å². The molecule has 0 atom stereocenters. The van der Waals surface area contributed by atoms with Gasteiger partial charge in [0, 0.05) is 11.6 Å². The van der Waals surface area contributed by atoms with Crippen molar-refractivity contribution in [2.45, 2.75) is 20.1 Å². The lowest BCUT2D eigenvalue weighted by atomic mass is 10.1. The van der Waals surface area contributed by atoms with Crippen molar-refractivity contribution >= 4 is 17.0 Å². The van der Waals surface area contributed by atoms with E-state index in [9.17, 15) is 4.79 Å². The zero-order chi connectivity index (χ0) is 21.9. The van der Waals surface area contributed by atoms with E-state index in [1.54, 1.807) is 29.9 Å². The van der Waals surface area contributed by atoms with Crippen LogP contribution in [0.5, 0.6) is 0 Å². The first-order valence-corrected chi connectivity index (χ1v) is 10.2. The summed E-state index contributed by atoms with van der Waals surface area (Å²) >= 11 is 0. The summed E-state index contributed by atoms with van der Waals surface area (Å²) < 4.78 is 12.4. The van der Waals surface area contributed by atoms with Crippen LogP contribution in [0.2, 0.25) is 0 Å². The molecule has 0 bridgehead atoms. The zero-order valence-electron chi connectivity index (χ0n) is 17.4. The van der Waals surface area contributed by atoms with E-state index >= 15 is 0 Å². The van der Waals surface area contributed by atoms with E-state index in [0.29, 0.717) is 40.3 Å². The fourth-order valence-electron chi connectivity index (χ4n) is 3.55. The molecule has 2 aromatic carbocycles. The lowest BCUT2D eigenvalue weighted by Gasteiger charge is -2.09. The monoisotopic (exact) mass is 424 g/mol. The first-order valence-electron chi connectivity index (χ1n) is 10.2. The van der Waals surface area contributed by atoms with E-state index in [2.05, 4.69) is 10.3 Å². The van der Waals surface area contributed by atoms with Gasteiger partial charge in [-0.05, 0) is 18.6 Å². The summed E-state index contributed by atoms with van der Waals surface area (Å²) in [7, 11) is 0. The van der Waals surface area contributed by atoms with Crippen LogP contribution in [-0.2, 0) is 17.9 Å². The van der Waals surface area contributed by atoms with Crippen molar-refractivity contribution in [3.63, 3.8) is 0 Å². The highest BCUT2D eigenvalue weighted by Gasteiger charge is 2.19. The number of fused-ring (bicyclic) bond motifs is 1. The van der Waals surface area contributed by atoms with Gasteiger partial charge in [0.15, 0.2) is 5.65 Å². The minimum absolute atomic E-state index is 0.0266. The molecule has 7 nitrogen and oxygen atoms in total. The Morgan fingerprint density at radius 3 is 2.50 bits per heavy atom. The van der Waals surface area contributed by atoms with Gasteiger partial charge < -0.3 is 9.26 Å². The standard InChI is InChI=1S/C25H20N4O3/c1-17-12-20(28-32-17)16-31-25(30)21-13-23(19-10-6-3-7-11-19)27-24-22(21)14-26-29(24)15-18-8-4-2-5-9-18/h2-14H,15-16H2,1H3. The van der Waals surface area contributed by atoms with Gasteiger partial charge in [0.2, 0.25) is 0 Å². The fourth-order valence-corrected chi connectivity index (χ4v) is 3.55. The third-order valence-corrected chi connectivity index (χ3v) is 5.10. The fraction of sp³-hybridized carbons (Fsp3) is 0.120. The average Bonchev–Trinajstić information content (AvgIpc) is 3.44. The van der Waals surface area contributed by atoms with Gasteiger partial charge in [-0.25, -0.2) is 14.5 Å². The van der Waals surface area contributed by atoms with Gasteiger partial charge in [-0.1, -0.05) is 65.8 Å². The van der Waals surface area contributed by atoms with E-state index in [0.717, 1.165) is 11.1 Å². The third kappa shape index (κ3) is 4.00. The van der Waals surface area contributed by atoms with Gasteiger partial charge in [0.1, 0.15) is 18.1 Å². The summed E-state index contributed by atoms with van der Waals surface area (Å²) in [6.07, 6.45) is 1.66. The molecule has 0 radical (unpaired) electrons. The first kappa shape index (κ1) is 19.7. The molecule has 0 aliphatic carbocycles. The molecule has 0 amide bonds. The second-order valence-corrected chi connectivity index (χ2v) is 7.45. The maximum absolute atomic E-state index is 13.0. The van der Waals surface area contributed by atoms with Crippen molar-refractivity contribution in [3.8, 4) is 11.3 Å². The highest BCUT2D eigenvalue weighted by atomic mass is 16.5. The molecule has 0 aliphatic heterocycles. The number of ether oxygens (including phenoxy) is 1. The van der Waals surface area contributed by atoms with Crippen molar-refractivity contribution in [1.29, 1.82) is 0 Å². The van der Waals surface area contributed by atoms with Crippen LogP contribution in [0.25, 0.3) is 22.3 Å². The minimum Gasteiger partial charge on any atom is -0.455 e. The lowest BCUT2D eigenvalue weighted by Crippen LogP contribution is -2.08. The number of aryl methyl sites for hydroxylation is 1. The van der Waals surface area contributed by atoms with Crippen LogP contribution in [0.3, 0.4) is 0 Å². The molecule has 7 heteroatoms. The molecule has 32 heavy (non-hydrogen) atoms. The lowest BCUT2D eigenvalue weighted by molar-refractivity contribution is 0.0466. The predicted octanol–water partition coefficient (Wildman–Crippen LogP) is 4.80. The third-order valence-electron chi connectivity index (χ3n) is 5.10. The van der Waals surface area contributed by atoms with E-state index < -0.39 is 5.97 Å². The molecule has 158 valence electrons. The number of carbonyl (C=O) groups excluding carboxylic acids is 1. The molecule has 0 N–H and O–H groups in total. The number of rotatable bonds is 6. The Morgan fingerprint density at radius 2 is 1.78 bits per heavy atom. The summed E-state index contributed by atoms with van der Waals surface area (Å²) in [5.41, 5.74) is 4.27. The molecular weight excluding hydrogens is 404 g/mol. The Kier molecular flexibility index (Phi) is 5.21. The number of benzene rings is 2. The summed E-state index contributed by atoms with van der Waals surface area (Å²) in [5, 5.41) is 9.03. The Hall–Kier alpha value is -4.26. The van der Waals surface area contributed by atoms with Crippen molar-refractivity contribution in [2.75, 3.05) is 0 Å². The predicted molar refractivity (Wildman–Crippen MR) is 119 cm³/mol. The molecule has 5 rings (SSSR count). The minimum atomic E-state index is -0.463. The van der Waals surface area contributed by atoms with Crippen LogP contribution in [0.15, 0.2) is 83.5 Å². The van der Waals surface area contributed by atoms with Crippen molar-refractivity contribution in [3.05, 3.63) is 102 Å². The van der Waals surface area contributed by atoms with Crippen LogP contribution in [0.4, 0.5) is 0 Å². The maximum Gasteiger partial charge on any atom is 0.339 e. The number of esters is 1. The molecule has 3 heterocycles. The highest BCUT2D eigenvalue weighted by Crippen LogP contribution is 2.26. The molecule has 0 unspecified atom stereocenters. The Morgan fingerprint density at radius 1 is 1.03 bits per heavy atom. The topological polar surface area (TPSA) is 83.0 Å². The van der Waals surface area contributed by atoms with Crippen molar-refractivity contribution in [1.82, 2.24) is 19.9 Å². The molecular formula is C25H20N4O3. The summed E-state index contributed by atoms with van der Waals surface area (Å²) in [6, 6.07) is 23.2. The Balaban J connectivity index is 1.55. The maximum atomic E-state index is 13.0. The normalized spacial score (nSPS) is 11.0. The second-order valence-electron chi connectivity index (χ2n) is 7.45. The van der Waals surface area contributed by atoms with Gasteiger partial charge in [-0.3, -0.25) is 0 Å². The zero-order valence-corrected chi connectivity index (χ0v) is 17.4. The molecule has 0 aliphatic rings. The molecule has 0 spiro atoms. The second kappa shape index (κ2) is 8.47. The number of pyridine rings is 1. The van der Waals surface area contributed by atoms with Gasteiger partial charge in [-0.15, -0.1) is 0 Å². The summed E-state index contributed by atoms with van der Waals surface area (Å²) in [6.45, 7) is 2.36. The Bertz CT molecular complexity index is 1370. The van der Waals surface area contributed by atoms with Gasteiger partial charge in [0.25, 0.3) is 0 Å². The van der Waals surface area contributed by atoms with Crippen molar-refractivity contribution in [2.24, 2.45) is 0 Å². The first-order chi connectivity index (χ1) is 15.7. The van der Waals surface area contributed by atoms with E-state index in [-0.39, 0.29) is 6.61 Å².